The van der Waals surface area contributed by atoms with Gasteiger partial charge in [-0.05, 0) is 24.1 Å². The molecule has 0 saturated heterocycles. The number of fused-ring (bicyclic) bond motifs is 1. The normalized spacial score (nSPS) is 14.4. The second kappa shape index (κ2) is 6.29. The maximum atomic E-state index is 12.8. The first-order valence-electron chi connectivity index (χ1n) is 7.55. The Morgan fingerprint density at radius 3 is 2.61 bits per heavy atom. The molecular weight excluding hydrogens is 320 g/mol. The van der Waals surface area contributed by atoms with E-state index in [0.717, 1.165) is 12.0 Å². The molecule has 0 unspecified atom stereocenters. The van der Waals surface area contributed by atoms with E-state index in [2.05, 4.69) is 0 Å². The van der Waals surface area contributed by atoms with Crippen LogP contribution in [-0.2, 0) is 24.2 Å². The highest BCUT2D eigenvalue weighted by atomic mass is 35.5. The molecule has 1 aliphatic heterocycles. The first kappa shape index (κ1) is 16.0. The average Bonchev–Trinajstić information content (AvgIpc) is 2.74. The zero-order chi connectivity index (χ0) is 16.6. The molecule has 1 aliphatic rings. The maximum absolute atomic E-state index is 12.8. The summed E-state index contributed by atoms with van der Waals surface area (Å²) in [6, 6.07) is 3.64. The van der Waals surface area contributed by atoms with Crippen molar-refractivity contribution in [2.75, 3.05) is 20.3 Å². The van der Waals surface area contributed by atoms with Crippen LogP contribution in [0, 0.1) is 0 Å². The molecule has 1 aromatic heterocycles. The monoisotopic (exact) mass is 338 g/mol. The SMILES string of the molecule is CCc1cc(Cl)c(-c2c(O)n3n(c2=O)CCOCC3)c(OC)c1. The van der Waals surface area contributed by atoms with Crippen LogP contribution < -0.4 is 10.3 Å². The van der Waals surface area contributed by atoms with Crippen LogP contribution >= 0.6 is 11.6 Å². The first-order valence-corrected chi connectivity index (χ1v) is 7.93. The summed E-state index contributed by atoms with van der Waals surface area (Å²) in [6.07, 6.45) is 0.797. The lowest BCUT2D eigenvalue weighted by Crippen LogP contribution is -2.23. The molecule has 7 heteroatoms. The number of nitrogens with zero attached hydrogens (tertiary/aromatic N) is 2. The second-order valence-corrected chi connectivity index (χ2v) is 5.78. The predicted octanol–water partition coefficient (Wildman–Crippen LogP) is 2.28. The van der Waals surface area contributed by atoms with E-state index < -0.39 is 0 Å². The molecule has 2 aromatic rings. The van der Waals surface area contributed by atoms with Gasteiger partial charge in [-0.1, -0.05) is 18.5 Å². The van der Waals surface area contributed by atoms with Crippen molar-refractivity contribution < 1.29 is 14.6 Å². The summed E-state index contributed by atoms with van der Waals surface area (Å²) in [5.41, 5.74) is 1.32. The fourth-order valence-corrected chi connectivity index (χ4v) is 3.22. The average molecular weight is 339 g/mol. The van der Waals surface area contributed by atoms with Gasteiger partial charge in [0, 0.05) is 0 Å². The molecule has 0 spiro atoms. The lowest BCUT2D eigenvalue weighted by molar-refractivity contribution is 0.137. The van der Waals surface area contributed by atoms with E-state index in [4.69, 9.17) is 21.1 Å². The molecule has 0 aliphatic carbocycles. The van der Waals surface area contributed by atoms with Crippen LogP contribution in [0.15, 0.2) is 16.9 Å². The van der Waals surface area contributed by atoms with Gasteiger partial charge in [0.2, 0.25) is 5.88 Å². The van der Waals surface area contributed by atoms with Crippen molar-refractivity contribution >= 4 is 11.6 Å². The first-order chi connectivity index (χ1) is 11.1. The molecule has 3 rings (SSSR count). The summed E-state index contributed by atoms with van der Waals surface area (Å²) >= 11 is 6.39. The largest absolute Gasteiger partial charge is 0.496 e. The van der Waals surface area contributed by atoms with E-state index in [1.165, 1.54) is 16.5 Å². The van der Waals surface area contributed by atoms with Crippen molar-refractivity contribution in [1.82, 2.24) is 9.36 Å². The van der Waals surface area contributed by atoms with Gasteiger partial charge in [0.05, 0.1) is 44.0 Å². The number of aryl methyl sites for hydroxylation is 1. The van der Waals surface area contributed by atoms with Gasteiger partial charge in [-0.25, -0.2) is 9.36 Å². The molecule has 124 valence electrons. The van der Waals surface area contributed by atoms with Crippen LogP contribution in [0.4, 0.5) is 0 Å². The fraction of sp³-hybridized carbons (Fsp3) is 0.438. The number of halogens is 1. The topological polar surface area (TPSA) is 65.6 Å². The molecule has 0 saturated carbocycles. The van der Waals surface area contributed by atoms with Gasteiger partial charge in [-0.3, -0.25) is 4.79 Å². The lowest BCUT2D eigenvalue weighted by Gasteiger charge is -2.11. The van der Waals surface area contributed by atoms with Crippen molar-refractivity contribution in [1.29, 1.82) is 0 Å². The van der Waals surface area contributed by atoms with Gasteiger partial charge >= 0.3 is 0 Å². The number of hydrogen-bond acceptors (Lipinski definition) is 4. The number of aromatic hydroxyl groups is 1. The van der Waals surface area contributed by atoms with Crippen LogP contribution in [0.5, 0.6) is 11.6 Å². The maximum Gasteiger partial charge on any atom is 0.278 e. The Labute approximate surface area is 138 Å². The van der Waals surface area contributed by atoms with E-state index in [-0.39, 0.29) is 17.0 Å². The van der Waals surface area contributed by atoms with Crippen molar-refractivity contribution in [3.05, 3.63) is 33.1 Å². The van der Waals surface area contributed by atoms with Crippen molar-refractivity contribution in [3.8, 4) is 22.8 Å². The number of rotatable bonds is 3. The van der Waals surface area contributed by atoms with E-state index >= 15 is 0 Å². The minimum absolute atomic E-state index is 0.107. The Bertz CT molecular complexity index is 794. The molecule has 1 aromatic carbocycles. The van der Waals surface area contributed by atoms with Crippen LogP contribution in [0.3, 0.4) is 0 Å². The zero-order valence-electron chi connectivity index (χ0n) is 13.1. The van der Waals surface area contributed by atoms with Crippen molar-refractivity contribution in [3.63, 3.8) is 0 Å². The highest BCUT2D eigenvalue weighted by molar-refractivity contribution is 6.33. The molecule has 0 atom stereocenters. The Morgan fingerprint density at radius 2 is 1.96 bits per heavy atom. The van der Waals surface area contributed by atoms with Crippen LogP contribution in [-0.4, -0.2) is 34.8 Å². The van der Waals surface area contributed by atoms with Gasteiger partial charge in [-0.15, -0.1) is 0 Å². The van der Waals surface area contributed by atoms with Gasteiger partial charge in [-0.2, -0.15) is 0 Å². The summed E-state index contributed by atoms with van der Waals surface area (Å²) in [5.74, 6) is 0.379. The van der Waals surface area contributed by atoms with E-state index in [9.17, 15) is 9.90 Å². The number of aromatic nitrogens is 2. The molecule has 0 radical (unpaired) electrons. The third kappa shape index (κ3) is 2.62. The molecule has 23 heavy (non-hydrogen) atoms. The third-order valence-corrected chi connectivity index (χ3v) is 4.39. The minimum Gasteiger partial charge on any atom is -0.496 e. The molecule has 2 heterocycles. The molecule has 6 nitrogen and oxygen atoms in total. The van der Waals surface area contributed by atoms with Crippen molar-refractivity contribution in [2.45, 2.75) is 26.4 Å². The van der Waals surface area contributed by atoms with Gasteiger partial charge in [0.1, 0.15) is 11.3 Å². The Hall–Kier alpha value is -1.92. The number of benzene rings is 1. The smallest absolute Gasteiger partial charge is 0.278 e. The van der Waals surface area contributed by atoms with E-state index in [1.807, 2.05) is 13.0 Å². The molecular formula is C16H19ClN2O4. The van der Waals surface area contributed by atoms with Crippen LogP contribution in [0.2, 0.25) is 5.02 Å². The summed E-state index contributed by atoms with van der Waals surface area (Å²) in [6.45, 7) is 3.69. The second-order valence-electron chi connectivity index (χ2n) is 5.37. The zero-order valence-corrected chi connectivity index (χ0v) is 13.9. The van der Waals surface area contributed by atoms with Crippen LogP contribution in [0.25, 0.3) is 11.1 Å². The standard InChI is InChI=1S/C16H19ClN2O4/c1-3-10-8-11(17)13(12(9-10)22-2)14-15(20)18-4-6-23-7-5-19(18)16(14)21/h8-9,20H,3-7H2,1-2H3. The summed E-state index contributed by atoms with van der Waals surface area (Å²) in [5, 5.41) is 11.0. The highest BCUT2D eigenvalue weighted by Gasteiger charge is 2.26. The third-order valence-electron chi connectivity index (χ3n) is 4.09. The fourth-order valence-electron chi connectivity index (χ4n) is 2.89. The Kier molecular flexibility index (Phi) is 4.37. The summed E-state index contributed by atoms with van der Waals surface area (Å²) in [7, 11) is 1.53. The number of methoxy groups -OCH3 is 1. The van der Waals surface area contributed by atoms with E-state index in [1.54, 1.807) is 6.07 Å². The van der Waals surface area contributed by atoms with Gasteiger partial charge in [0.15, 0.2) is 0 Å². The quantitative estimate of drug-likeness (QED) is 0.932. The van der Waals surface area contributed by atoms with Crippen molar-refractivity contribution in [2.24, 2.45) is 0 Å². The van der Waals surface area contributed by atoms with E-state index in [0.29, 0.717) is 42.6 Å². The number of ether oxygens (including phenoxy) is 2. The predicted molar refractivity (Wildman–Crippen MR) is 87.6 cm³/mol. The highest BCUT2D eigenvalue weighted by Crippen LogP contribution is 2.40. The Balaban J connectivity index is 2.26. The molecule has 0 fully saturated rings. The molecule has 1 N–H and O–H groups in total. The summed E-state index contributed by atoms with van der Waals surface area (Å²) in [4.78, 5) is 12.8. The minimum atomic E-state index is -0.294. The number of hydrogen-bond donors (Lipinski definition) is 1. The summed E-state index contributed by atoms with van der Waals surface area (Å²) < 4.78 is 13.8. The molecule has 0 bridgehead atoms. The van der Waals surface area contributed by atoms with Gasteiger partial charge in [0.25, 0.3) is 5.56 Å². The Morgan fingerprint density at radius 1 is 1.26 bits per heavy atom. The lowest BCUT2D eigenvalue weighted by atomic mass is 10.0. The van der Waals surface area contributed by atoms with Crippen LogP contribution in [0.1, 0.15) is 12.5 Å². The molecule has 0 amide bonds. The van der Waals surface area contributed by atoms with Gasteiger partial charge < -0.3 is 14.6 Å².